The normalized spacial score (nSPS) is 12.4. The fourth-order valence-electron chi connectivity index (χ4n) is 8.55. The molecule has 0 aliphatic rings. The molecule has 69 heavy (non-hydrogen) atoms. The average Bonchev–Trinajstić information content (AvgIpc) is 3.35. The molecule has 0 bridgehead atoms. The van der Waals surface area contributed by atoms with E-state index in [1.807, 2.05) is 0 Å². The van der Waals surface area contributed by atoms with Crippen molar-refractivity contribution >= 4 is 17.9 Å². The van der Waals surface area contributed by atoms with Crippen LogP contribution in [0.2, 0.25) is 0 Å². The van der Waals surface area contributed by atoms with E-state index < -0.39 is 6.10 Å². The van der Waals surface area contributed by atoms with Crippen LogP contribution in [0.15, 0.2) is 60.8 Å². The van der Waals surface area contributed by atoms with Gasteiger partial charge in [0.25, 0.3) is 0 Å². The van der Waals surface area contributed by atoms with Gasteiger partial charge in [-0.3, -0.25) is 14.4 Å². The highest BCUT2D eigenvalue weighted by Crippen LogP contribution is 2.16. The van der Waals surface area contributed by atoms with Gasteiger partial charge in [-0.25, -0.2) is 0 Å². The second-order valence-corrected chi connectivity index (χ2v) is 19.9. The predicted octanol–water partition coefficient (Wildman–Crippen LogP) is 20.0. The van der Waals surface area contributed by atoms with Crippen LogP contribution in [0.3, 0.4) is 0 Å². The summed E-state index contributed by atoms with van der Waals surface area (Å²) in [5.74, 6) is -0.913. The molecule has 0 saturated carbocycles. The molecule has 1 atom stereocenters. The molecule has 1 unspecified atom stereocenters. The van der Waals surface area contributed by atoms with Crippen molar-refractivity contribution in [3.63, 3.8) is 0 Å². The van der Waals surface area contributed by atoms with Gasteiger partial charge < -0.3 is 14.2 Å². The molecular weight excluding hydrogens is 853 g/mol. The third-order valence-corrected chi connectivity index (χ3v) is 13.0. The highest BCUT2D eigenvalue weighted by atomic mass is 16.6. The molecule has 0 saturated heterocycles. The highest BCUT2D eigenvalue weighted by Gasteiger charge is 2.19. The van der Waals surface area contributed by atoms with Crippen LogP contribution in [0.5, 0.6) is 0 Å². The molecule has 6 heteroatoms. The van der Waals surface area contributed by atoms with E-state index in [1.54, 1.807) is 0 Å². The van der Waals surface area contributed by atoms with Gasteiger partial charge in [0.2, 0.25) is 0 Å². The van der Waals surface area contributed by atoms with Gasteiger partial charge >= 0.3 is 17.9 Å². The fraction of sp³-hybridized carbons (Fsp3) is 0.794. The minimum atomic E-state index is -0.793. The van der Waals surface area contributed by atoms with Crippen LogP contribution >= 0.6 is 0 Å². The third-order valence-electron chi connectivity index (χ3n) is 13.0. The van der Waals surface area contributed by atoms with Crippen molar-refractivity contribution in [1.29, 1.82) is 0 Å². The second-order valence-electron chi connectivity index (χ2n) is 19.9. The summed E-state index contributed by atoms with van der Waals surface area (Å²) in [5, 5.41) is 0. The molecule has 0 aromatic rings. The third kappa shape index (κ3) is 55.9. The lowest BCUT2D eigenvalue weighted by molar-refractivity contribution is -0.167. The minimum absolute atomic E-state index is 0.0870. The Morgan fingerprint density at radius 2 is 0.565 bits per heavy atom. The van der Waals surface area contributed by atoms with Gasteiger partial charge in [0.05, 0.1) is 0 Å². The Hall–Kier alpha value is -2.89. The summed E-state index contributed by atoms with van der Waals surface area (Å²) in [5.41, 5.74) is 0. The first-order chi connectivity index (χ1) is 34.0. The lowest BCUT2D eigenvalue weighted by Gasteiger charge is -2.18. The van der Waals surface area contributed by atoms with E-state index in [4.69, 9.17) is 14.2 Å². The van der Waals surface area contributed by atoms with Crippen molar-refractivity contribution in [2.75, 3.05) is 13.2 Å². The largest absolute Gasteiger partial charge is 0.462 e. The maximum absolute atomic E-state index is 12.9. The van der Waals surface area contributed by atoms with Gasteiger partial charge in [-0.15, -0.1) is 0 Å². The maximum Gasteiger partial charge on any atom is 0.306 e. The summed E-state index contributed by atoms with van der Waals surface area (Å²) in [6.07, 6.45) is 72.2. The first kappa shape index (κ1) is 66.1. The molecular formula is C63H112O6. The Kier molecular flexibility index (Phi) is 55.3. The Labute approximate surface area is 428 Å². The number of carbonyl (C=O) groups excluding carboxylic acids is 3. The SMILES string of the molecule is CC/C=C\C/C=C\C/C=C\C/C=C\CCCCCC(=O)OC(COC(=O)CCCCCCC/C=C\CCCCCCCCC)COC(=O)CCCCCCCCCCCCCCCCCCCCC. The smallest absolute Gasteiger partial charge is 0.306 e. The molecule has 0 rings (SSSR count). The van der Waals surface area contributed by atoms with Crippen LogP contribution in [0.1, 0.15) is 303 Å². The Morgan fingerprint density at radius 3 is 0.913 bits per heavy atom. The molecule has 400 valence electrons. The summed E-state index contributed by atoms with van der Waals surface area (Å²) in [7, 11) is 0. The quantitative estimate of drug-likeness (QED) is 0.0262. The zero-order valence-electron chi connectivity index (χ0n) is 45.8. The fourth-order valence-corrected chi connectivity index (χ4v) is 8.55. The minimum Gasteiger partial charge on any atom is -0.462 e. The van der Waals surface area contributed by atoms with Crippen molar-refractivity contribution in [3.8, 4) is 0 Å². The van der Waals surface area contributed by atoms with Crippen LogP contribution in [-0.4, -0.2) is 37.2 Å². The molecule has 0 aliphatic carbocycles. The van der Waals surface area contributed by atoms with Gasteiger partial charge in [0, 0.05) is 19.3 Å². The van der Waals surface area contributed by atoms with Gasteiger partial charge in [0.1, 0.15) is 13.2 Å². The Balaban J connectivity index is 4.39. The first-order valence-corrected chi connectivity index (χ1v) is 29.8. The average molecular weight is 966 g/mol. The van der Waals surface area contributed by atoms with Crippen molar-refractivity contribution < 1.29 is 28.6 Å². The summed E-state index contributed by atoms with van der Waals surface area (Å²) < 4.78 is 16.9. The molecule has 0 N–H and O–H groups in total. The summed E-state index contributed by atoms with van der Waals surface area (Å²) in [6.45, 7) is 6.53. The van der Waals surface area contributed by atoms with Crippen LogP contribution in [-0.2, 0) is 28.6 Å². The van der Waals surface area contributed by atoms with E-state index in [2.05, 4.69) is 81.5 Å². The zero-order chi connectivity index (χ0) is 50.0. The molecule has 0 amide bonds. The topological polar surface area (TPSA) is 78.9 Å². The number of esters is 3. The van der Waals surface area contributed by atoms with Gasteiger partial charge in [0.15, 0.2) is 6.10 Å². The lowest BCUT2D eigenvalue weighted by atomic mass is 10.0. The van der Waals surface area contributed by atoms with Crippen molar-refractivity contribution in [3.05, 3.63) is 60.8 Å². The van der Waals surface area contributed by atoms with Crippen LogP contribution in [0, 0.1) is 0 Å². The zero-order valence-corrected chi connectivity index (χ0v) is 45.8. The predicted molar refractivity (Wildman–Crippen MR) is 298 cm³/mol. The van der Waals surface area contributed by atoms with Crippen LogP contribution in [0.25, 0.3) is 0 Å². The number of hydrogen-bond acceptors (Lipinski definition) is 6. The number of carbonyl (C=O) groups is 3. The van der Waals surface area contributed by atoms with Gasteiger partial charge in [-0.2, -0.15) is 0 Å². The highest BCUT2D eigenvalue weighted by molar-refractivity contribution is 5.71. The van der Waals surface area contributed by atoms with E-state index >= 15 is 0 Å². The molecule has 0 fully saturated rings. The molecule has 0 radical (unpaired) electrons. The van der Waals surface area contributed by atoms with Gasteiger partial charge in [-0.05, 0) is 83.5 Å². The number of ether oxygens (including phenoxy) is 3. The van der Waals surface area contributed by atoms with Crippen molar-refractivity contribution in [1.82, 2.24) is 0 Å². The molecule has 6 nitrogen and oxygen atoms in total. The molecule has 0 aliphatic heterocycles. The molecule has 0 aromatic carbocycles. The van der Waals surface area contributed by atoms with Crippen molar-refractivity contribution in [2.45, 2.75) is 309 Å². The number of unbranched alkanes of at least 4 members (excludes halogenated alkanes) is 33. The maximum atomic E-state index is 12.9. The van der Waals surface area contributed by atoms with E-state index in [0.717, 1.165) is 96.3 Å². The Morgan fingerprint density at radius 1 is 0.304 bits per heavy atom. The van der Waals surface area contributed by atoms with Crippen LogP contribution in [0.4, 0.5) is 0 Å². The monoisotopic (exact) mass is 965 g/mol. The second kappa shape index (κ2) is 57.7. The molecule has 0 aromatic heterocycles. The number of hydrogen-bond donors (Lipinski definition) is 0. The van der Waals surface area contributed by atoms with E-state index in [0.29, 0.717) is 19.3 Å². The number of allylic oxidation sites excluding steroid dienone is 10. The molecule has 0 heterocycles. The van der Waals surface area contributed by atoms with E-state index in [-0.39, 0.29) is 31.1 Å². The van der Waals surface area contributed by atoms with Crippen molar-refractivity contribution in [2.24, 2.45) is 0 Å². The van der Waals surface area contributed by atoms with E-state index in [9.17, 15) is 14.4 Å². The molecule has 0 spiro atoms. The number of rotatable bonds is 54. The summed E-state index contributed by atoms with van der Waals surface area (Å²) in [4.78, 5) is 38.2. The van der Waals surface area contributed by atoms with E-state index in [1.165, 1.54) is 167 Å². The standard InChI is InChI=1S/C63H112O6/c1-4-7-10-13-16-19-22-25-28-31-32-33-36-38-41-44-47-50-53-56-62(65)68-59-60(69-63(66)57-54-51-48-45-42-39-35-30-27-24-21-18-15-12-9-6-3)58-67-61(64)55-52-49-46-43-40-37-34-29-26-23-20-17-14-11-8-5-2/h9,12,18,21,27,29-30,34,39,42,60H,4-8,10-11,13-17,19-20,22-26,28,31-33,35-38,40-41,43-59H2,1-3H3/b12-9-,21-18-,30-27-,34-29-,42-39-. The Bertz CT molecular complexity index is 1250. The van der Waals surface area contributed by atoms with Gasteiger partial charge in [-0.1, -0.05) is 261 Å². The lowest BCUT2D eigenvalue weighted by Crippen LogP contribution is -2.30. The summed E-state index contributed by atoms with van der Waals surface area (Å²) in [6, 6.07) is 0. The summed E-state index contributed by atoms with van der Waals surface area (Å²) >= 11 is 0. The van der Waals surface area contributed by atoms with Crippen LogP contribution < -0.4 is 0 Å². The first-order valence-electron chi connectivity index (χ1n) is 29.8.